The molecule has 3 amide bonds. The predicted molar refractivity (Wildman–Crippen MR) is 150 cm³/mol. The van der Waals surface area contributed by atoms with E-state index in [4.69, 9.17) is 16.3 Å². The molecule has 5 atom stereocenters. The Balaban J connectivity index is 1.28. The molecule has 2 saturated heterocycles. The third-order valence-corrected chi connectivity index (χ3v) is 9.78. The van der Waals surface area contributed by atoms with Gasteiger partial charge in [-0.2, -0.15) is 0 Å². The fraction of sp³-hybridized carbons (Fsp3) is 0.581. The molecular formula is C31H38ClN3O4. The normalized spacial score (nSPS) is 31.8. The molecule has 1 saturated carbocycles. The molecule has 8 heteroatoms. The molecule has 39 heavy (non-hydrogen) atoms. The number of likely N-dealkylation sites (tertiary alicyclic amines) is 1. The molecule has 208 valence electrons. The van der Waals surface area contributed by atoms with E-state index in [0.717, 1.165) is 56.9 Å². The Morgan fingerprint density at radius 2 is 1.95 bits per heavy atom. The van der Waals surface area contributed by atoms with E-state index in [-0.39, 0.29) is 23.8 Å². The van der Waals surface area contributed by atoms with Gasteiger partial charge < -0.3 is 20.3 Å². The molecule has 2 N–H and O–H groups in total. The van der Waals surface area contributed by atoms with Crippen LogP contribution in [0.25, 0.3) is 0 Å². The fourth-order valence-electron chi connectivity index (χ4n) is 7.33. The van der Waals surface area contributed by atoms with Gasteiger partial charge in [-0.3, -0.25) is 14.4 Å². The van der Waals surface area contributed by atoms with Crippen LogP contribution in [0.1, 0.15) is 69.8 Å². The standard InChI is InChI=1S/C31H38ClN3O4/c1-19-12-13-22(18-23(19)32)34-28(36)25-24-14-16-31(39-24)26(25)30(38)35(17-15-20-8-4-2-5-9-20)27(31)29(37)33-21-10-6-3-7-11-21/h8,12-14,16,18,21,24-27H,2-7,9-11,15,17H2,1H3,(H,33,37)(H,34,36). The van der Waals surface area contributed by atoms with E-state index in [1.807, 2.05) is 25.1 Å². The molecule has 2 bridgehead atoms. The highest BCUT2D eigenvalue weighted by Crippen LogP contribution is 2.55. The SMILES string of the molecule is Cc1ccc(NC(=O)C2C3C=CC4(O3)C2C(=O)N(CCC2=CCCCC2)C4C(=O)NC2CCCCC2)cc1Cl. The Hall–Kier alpha value is -2.64. The first-order chi connectivity index (χ1) is 18.9. The van der Waals surface area contributed by atoms with E-state index in [1.165, 1.54) is 18.4 Å². The number of halogens is 1. The maximum atomic E-state index is 14.1. The summed E-state index contributed by atoms with van der Waals surface area (Å²) in [6.45, 7) is 2.36. The summed E-state index contributed by atoms with van der Waals surface area (Å²) in [6, 6.07) is 4.71. The van der Waals surface area contributed by atoms with Crippen molar-refractivity contribution in [3.8, 4) is 0 Å². The van der Waals surface area contributed by atoms with Gasteiger partial charge in [0.2, 0.25) is 17.7 Å². The van der Waals surface area contributed by atoms with Crippen LogP contribution in [0.4, 0.5) is 5.69 Å². The number of benzene rings is 1. The molecule has 6 rings (SSSR count). The van der Waals surface area contributed by atoms with Crippen molar-refractivity contribution < 1.29 is 19.1 Å². The number of fused-ring (bicyclic) bond motifs is 1. The number of allylic oxidation sites excluding steroid dienone is 1. The first kappa shape index (κ1) is 26.6. The number of hydrogen-bond acceptors (Lipinski definition) is 4. The molecule has 0 aromatic heterocycles. The zero-order chi connectivity index (χ0) is 27.1. The van der Waals surface area contributed by atoms with Crippen molar-refractivity contribution in [3.05, 3.63) is 52.6 Å². The third kappa shape index (κ3) is 4.82. The summed E-state index contributed by atoms with van der Waals surface area (Å²) in [5, 5.41) is 6.78. The minimum absolute atomic E-state index is 0.118. The summed E-state index contributed by atoms with van der Waals surface area (Å²) >= 11 is 6.29. The smallest absolute Gasteiger partial charge is 0.246 e. The molecule has 2 aliphatic carbocycles. The number of aryl methyl sites for hydroxylation is 1. The number of amides is 3. The van der Waals surface area contributed by atoms with Crippen molar-refractivity contribution >= 4 is 35.0 Å². The average Bonchev–Trinajstić information content (AvgIpc) is 3.58. The summed E-state index contributed by atoms with van der Waals surface area (Å²) in [4.78, 5) is 43.4. The monoisotopic (exact) mass is 551 g/mol. The largest absolute Gasteiger partial charge is 0.359 e. The molecule has 1 spiro atoms. The summed E-state index contributed by atoms with van der Waals surface area (Å²) in [6.07, 6.45) is 16.0. The van der Waals surface area contributed by atoms with Crippen LogP contribution in [-0.4, -0.2) is 53.0 Å². The van der Waals surface area contributed by atoms with Crippen LogP contribution >= 0.6 is 11.6 Å². The van der Waals surface area contributed by atoms with Gasteiger partial charge in [0.15, 0.2) is 0 Å². The minimum Gasteiger partial charge on any atom is -0.359 e. The molecule has 1 aromatic carbocycles. The van der Waals surface area contributed by atoms with Crippen molar-refractivity contribution in [2.24, 2.45) is 11.8 Å². The van der Waals surface area contributed by atoms with Crippen molar-refractivity contribution in [3.63, 3.8) is 0 Å². The van der Waals surface area contributed by atoms with E-state index < -0.39 is 29.6 Å². The van der Waals surface area contributed by atoms with Crippen molar-refractivity contribution in [2.75, 3.05) is 11.9 Å². The molecule has 5 aliphatic rings. The lowest BCUT2D eigenvalue weighted by molar-refractivity contribution is -0.141. The lowest BCUT2D eigenvalue weighted by Crippen LogP contribution is -2.56. The van der Waals surface area contributed by atoms with Crippen LogP contribution in [0.3, 0.4) is 0 Å². The summed E-state index contributed by atoms with van der Waals surface area (Å²) in [5.41, 5.74) is 1.71. The van der Waals surface area contributed by atoms with Gasteiger partial charge in [0.25, 0.3) is 0 Å². The summed E-state index contributed by atoms with van der Waals surface area (Å²) < 4.78 is 6.48. The zero-order valence-electron chi connectivity index (χ0n) is 22.6. The Kier molecular flexibility index (Phi) is 7.32. The van der Waals surface area contributed by atoms with Gasteiger partial charge in [0.05, 0.1) is 17.9 Å². The number of nitrogens with zero attached hydrogens (tertiary/aromatic N) is 1. The first-order valence-corrected chi connectivity index (χ1v) is 15.0. The number of rotatable bonds is 7. The van der Waals surface area contributed by atoms with Gasteiger partial charge >= 0.3 is 0 Å². The van der Waals surface area contributed by atoms with Crippen molar-refractivity contribution in [2.45, 2.75) is 94.9 Å². The van der Waals surface area contributed by atoms with E-state index in [0.29, 0.717) is 17.3 Å². The Labute approximate surface area is 235 Å². The number of hydrogen-bond donors (Lipinski definition) is 2. The van der Waals surface area contributed by atoms with Gasteiger partial charge in [-0.1, -0.05) is 60.7 Å². The minimum atomic E-state index is -1.13. The van der Waals surface area contributed by atoms with Gasteiger partial charge in [-0.05, 0) is 69.6 Å². The van der Waals surface area contributed by atoms with E-state index in [1.54, 1.807) is 17.0 Å². The van der Waals surface area contributed by atoms with Crippen molar-refractivity contribution in [1.29, 1.82) is 0 Å². The highest BCUT2D eigenvalue weighted by Gasteiger charge is 2.72. The van der Waals surface area contributed by atoms with Gasteiger partial charge in [0.1, 0.15) is 11.6 Å². The highest BCUT2D eigenvalue weighted by atomic mass is 35.5. The van der Waals surface area contributed by atoms with Crippen LogP contribution < -0.4 is 10.6 Å². The summed E-state index contributed by atoms with van der Waals surface area (Å²) in [7, 11) is 0. The van der Waals surface area contributed by atoms with E-state index >= 15 is 0 Å². The van der Waals surface area contributed by atoms with Crippen LogP contribution in [0.2, 0.25) is 5.02 Å². The molecule has 1 aromatic rings. The van der Waals surface area contributed by atoms with E-state index in [9.17, 15) is 14.4 Å². The first-order valence-electron chi connectivity index (χ1n) is 14.6. The predicted octanol–water partition coefficient (Wildman–Crippen LogP) is 5.08. The average molecular weight is 552 g/mol. The van der Waals surface area contributed by atoms with Crippen LogP contribution in [0.15, 0.2) is 42.0 Å². The van der Waals surface area contributed by atoms with Crippen molar-refractivity contribution in [1.82, 2.24) is 10.2 Å². The van der Waals surface area contributed by atoms with Gasteiger partial charge in [0, 0.05) is 23.3 Å². The maximum Gasteiger partial charge on any atom is 0.246 e. The number of anilines is 1. The molecule has 5 unspecified atom stereocenters. The summed E-state index contributed by atoms with van der Waals surface area (Å²) in [5.74, 6) is -2.06. The van der Waals surface area contributed by atoms with Gasteiger partial charge in [-0.25, -0.2) is 0 Å². The van der Waals surface area contributed by atoms with Crippen LogP contribution in [0, 0.1) is 18.8 Å². The number of ether oxygens (including phenoxy) is 1. The molecule has 3 fully saturated rings. The van der Waals surface area contributed by atoms with E-state index in [2.05, 4.69) is 16.7 Å². The second kappa shape index (κ2) is 10.7. The second-order valence-electron chi connectivity index (χ2n) is 11.9. The molecular weight excluding hydrogens is 514 g/mol. The quantitative estimate of drug-likeness (QED) is 0.463. The maximum absolute atomic E-state index is 14.1. The number of carbonyl (C=O) groups excluding carboxylic acids is 3. The Bertz CT molecular complexity index is 1220. The second-order valence-corrected chi connectivity index (χ2v) is 12.3. The lowest BCUT2D eigenvalue weighted by atomic mass is 9.74. The topological polar surface area (TPSA) is 87.7 Å². The number of carbonyl (C=O) groups is 3. The van der Waals surface area contributed by atoms with Crippen LogP contribution in [0.5, 0.6) is 0 Å². The molecule has 7 nitrogen and oxygen atoms in total. The molecule has 3 heterocycles. The Morgan fingerprint density at radius 1 is 1.13 bits per heavy atom. The zero-order valence-corrected chi connectivity index (χ0v) is 23.3. The third-order valence-electron chi connectivity index (χ3n) is 9.37. The van der Waals surface area contributed by atoms with Gasteiger partial charge in [-0.15, -0.1) is 0 Å². The molecule has 3 aliphatic heterocycles. The lowest BCUT2D eigenvalue weighted by Gasteiger charge is -2.34. The van der Waals surface area contributed by atoms with Crippen LogP contribution in [-0.2, 0) is 19.1 Å². The highest BCUT2D eigenvalue weighted by molar-refractivity contribution is 6.31. The Morgan fingerprint density at radius 3 is 2.69 bits per heavy atom. The number of nitrogens with one attached hydrogen (secondary N) is 2. The molecule has 0 radical (unpaired) electrons. The fourth-order valence-corrected chi connectivity index (χ4v) is 7.51.